The van der Waals surface area contributed by atoms with Gasteiger partial charge in [0.25, 0.3) is 5.89 Å². The highest BCUT2D eigenvalue weighted by molar-refractivity contribution is 5.20. The first-order valence-electron chi connectivity index (χ1n) is 7.10. The Morgan fingerprint density at radius 2 is 1.95 bits per heavy atom. The number of pyridine rings is 1. The zero-order valence-corrected chi connectivity index (χ0v) is 13.0. The van der Waals surface area contributed by atoms with Crippen LogP contribution in [0.2, 0.25) is 0 Å². The van der Waals surface area contributed by atoms with Gasteiger partial charge in [-0.3, -0.25) is 4.98 Å². The fourth-order valence-corrected chi connectivity index (χ4v) is 1.59. The van der Waals surface area contributed by atoms with Gasteiger partial charge >= 0.3 is 0 Å². The molecule has 0 saturated carbocycles. The van der Waals surface area contributed by atoms with Crippen molar-refractivity contribution in [1.29, 1.82) is 0 Å². The summed E-state index contributed by atoms with van der Waals surface area (Å²) in [6.07, 6.45) is 2.43. The highest BCUT2D eigenvalue weighted by atomic mass is 16.5. The van der Waals surface area contributed by atoms with E-state index in [0.29, 0.717) is 17.5 Å². The van der Waals surface area contributed by atoms with Crippen LogP contribution in [0.1, 0.15) is 45.2 Å². The molecule has 0 fully saturated rings. The average Bonchev–Trinajstić information content (AvgIpc) is 2.91. The zero-order valence-electron chi connectivity index (χ0n) is 13.0. The molecular weight excluding hydrogens is 268 g/mol. The number of hydrogen-bond acceptors (Lipinski definition) is 6. The summed E-state index contributed by atoms with van der Waals surface area (Å²) in [5.74, 6) is 1.78. The molecule has 0 amide bonds. The summed E-state index contributed by atoms with van der Waals surface area (Å²) in [5, 5.41) is 11.2. The molecule has 2 rings (SSSR count). The molecule has 0 radical (unpaired) electrons. The molecule has 0 aliphatic rings. The molecule has 0 spiro atoms. The van der Waals surface area contributed by atoms with E-state index < -0.39 is 0 Å². The normalized spacial score (nSPS) is 11.6. The third-order valence-electron chi connectivity index (χ3n) is 2.77. The van der Waals surface area contributed by atoms with Crippen molar-refractivity contribution in [2.45, 2.75) is 52.8 Å². The van der Waals surface area contributed by atoms with Crippen molar-refractivity contribution in [2.24, 2.45) is 0 Å². The lowest BCUT2D eigenvalue weighted by Gasteiger charge is -2.20. The van der Waals surface area contributed by atoms with Gasteiger partial charge < -0.3 is 14.5 Å². The number of aryl methyl sites for hydroxylation is 1. The SMILES string of the molecule is CCc1nnc(COc2ccc(CNC(C)(C)C)nc2)o1. The van der Waals surface area contributed by atoms with Crippen LogP contribution in [0.15, 0.2) is 22.7 Å². The monoisotopic (exact) mass is 290 g/mol. The molecule has 6 heteroatoms. The molecule has 2 aromatic heterocycles. The van der Waals surface area contributed by atoms with Crippen molar-refractivity contribution in [1.82, 2.24) is 20.5 Å². The Morgan fingerprint density at radius 1 is 1.19 bits per heavy atom. The first kappa shape index (κ1) is 15.4. The molecule has 0 unspecified atom stereocenters. The second-order valence-electron chi connectivity index (χ2n) is 5.82. The summed E-state index contributed by atoms with van der Waals surface area (Å²) in [6, 6.07) is 3.84. The molecule has 114 valence electrons. The van der Waals surface area contributed by atoms with Gasteiger partial charge in [-0.2, -0.15) is 0 Å². The van der Waals surface area contributed by atoms with Crippen LogP contribution in [0.5, 0.6) is 5.75 Å². The largest absolute Gasteiger partial charge is 0.482 e. The Bertz CT molecular complexity index is 558. The highest BCUT2D eigenvalue weighted by Gasteiger charge is 2.09. The van der Waals surface area contributed by atoms with Crippen LogP contribution in [-0.4, -0.2) is 20.7 Å². The van der Waals surface area contributed by atoms with Crippen molar-refractivity contribution in [2.75, 3.05) is 0 Å². The van der Waals surface area contributed by atoms with E-state index in [0.717, 1.165) is 18.7 Å². The number of ether oxygens (including phenoxy) is 1. The van der Waals surface area contributed by atoms with Gasteiger partial charge in [0.05, 0.1) is 11.9 Å². The lowest BCUT2D eigenvalue weighted by Crippen LogP contribution is -2.35. The van der Waals surface area contributed by atoms with Crippen molar-refractivity contribution in [3.63, 3.8) is 0 Å². The first-order chi connectivity index (χ1) is 9.96. The van der Waals surface area contributed by atoms with E-state index in [1.54, 1.807) is 6.20 Å². The van der Waals surface area contributed by atoms with Crippen LogP contribution in [0.3, 0.4) is 0 Å². The van der Waals surface area contributed by atoms with Gasteiger partial charge in [0.2, 0.25) is 5.89 Å². The van der Waals surface area contributed by atoms with Crippen LogP contribution in [-0.2, 0) is 19.6 Å². The summed E-state index contributed by atoms with van der Waals surface area (Å²) in [4.78, 5) is 4.36. The molecule has 2 heterocycles. The van der Waals surface area contributed by atoms with Gasteiger partial charge in [-0.1, -0.05) is 6.92 Å². The average molecular weight is 290 g/mol. The lowest BCUT2D eigenvalue weighted by atomic mass is 10.1. The summed E-state index contributed by atoms with van der Waals surface area (Å²) in [7, 11) is 0. The summed E-state index contributed by atoms with van der Waals surface area (Å²) in [5.41, 5.74) is 1.05. The number of aromatic nitrogens is 3. The zero-order chi connectivity index (χ0) is 15.3. The maximum atomic E-state index is 5.57. The predicted octanol–water partition coefficient (Wildman–Crippen LogP) is 2.49. The van der Waals surface area contributed by atoms with Crippen molar-refractivity contribution >= 4 is 0 Å². The van der Waals surface area contributed by atoms with Gasteiger partial charge in [-0.15, -0.1) is 10.2 Å². The third-order valence-corrected chi connectivity index (χ3v) is 2.77. The van der Waals surface area contributed by atoms with Gasteiger partial charge in [0.15, 0.2) is 6.61 Å². The van der Waals surface area contributed by atoms with Crippen molar-refractivity contribution in [3.8, 4) is 5.75 Å². The standard InChI is InChI=1S/C15H22N4O2/c1-5-13-18-19-14(21-13)10-20-12-7-6-11(16-9-12)8-17-15(2,3)4/h6-7,9,17H,5,8,10H2,1-4H3. The van der Waals surface area contributed by atoms with E-state index in [2.05, 4.69) is 41.3 Å². The van der Waals surface area contributed by atoms with Crippen molar-refractivity contribution in [3.05, 3.63) is 35.8 Å². The van der Waals surface area contributed by atoms with Crippen LogP contribution >= 0.6 is 0 Å². The molecule has 21 heavy (non-hydrogen) atoms. The highest BCUT2D eigenvalue weighted by Crippen LogP contribution is 2.12. The fourth-order valence-electron chi connectivity index (χ4n) is 1.59. The Hall–Kier alpha value is -1.95. The van der Waals surface area contributed by atoms with Gasteiger partial charge in [-0.05, 0) is 32.9 Å². The van der Waals surface area contributed by atoms with Crippen LogP contribution in [0.25, 0.3) is 0 Å². The van der Waals surface area contributed by atoms with Crippen molar-refractivity contribution < 1.29 is 9.15 Å². The maximum Gasteiger partial charge on any atom is 0.253 e. The number of rotatable bonds is 6. The van der Waals surface area contributed by atoms with Crippen LogP contribution < -0.4 is 10.1 Å². The molecule has 0 aromatic carbocycles. The van der Waals surface area contributed by atoms with E-state index >= 15 is 0 Å². The minimum Gasteiger partial charge on any atom is -0.482 e. The smallest absolute Gasteiger partial charge is 0.253 e. The van der Waals surface area contributed by atoms with E-state index in [1.807, 2.05) is 19.1 Å². The maximum absolute atomic E-state index is 5.57. The minimum absolute atomic E-state index is 0.0752. The molecule has 0 atom stereocenters. The summed E-state index contributed by atoms with van der Waals surface area (Å²) in [6.45, 7) is 9.33. The quantitative estimate of drug-likeness (QED) is 0.881. The van der Waals surface area contributed by atoms with E-state index in [9.17, 15) is 0 Å². The topological polar surface area (TPSA) is 73.1 Å². The summed E-state index contributed by atoms with van der Waals surface area (Å²) >= 11 is 0. The second kappa shape index (κ2) is 6.67. The molecule has 6 nitrogen and oxygen atoms in total. The number of nitrogens with zero attached hydrogens (tertiary/aromatic N) is 3. The summed E-state index contributed by atoms with van der Waals surface area (Å²) < 4.78 is 10.9. The molecule has 0 saturated heterocycles. The second-order valence-corrected chi connectivity index (χ2v) is 5.82. The first-order valence-corrected chi connectivity index (χ1v) is 7.10. The molecule has 0 bridgehead atoms. The van der Waals surface area contributed by atoms with E-state index in [-0.39, 0.29) is 12.1 Å². The van der Waals surface area contributed by atoms with Gasteiger partial charge in [0, 0.05) is 18.5 Å². The Morgan fingerprint density at radius 3 is 2.52 bits per heavy atom. The Labute approximate surface area is 124 Å². The minimum atomic E-state index is 0.0752. The molecule has 0 aliphatic carbocycles. The Kier molecular flexibility index (Phi) is 4.90. The molecule has 2 aromatic rings. The number of hydrogen-bond donors (Lipinski definition) is 1. The van der Waals surface area contributed by atoms with E-state index in [4.69, 9.17) is 9.15 Å². The van der Waals surface area contributed by atoms with Gasteiger partial charge in [0.1, 0.15) is 5.75 Å². The molecular formula is C15H22N4O2. The van der Waals surface area contributed by atoms with Crippen LogP contribution in [0, 0.1) is 0 Å². The third kappa shape index (κ3) is 5.15. The molecule has 0 aliphatic heterocycles. The van der Waals surface area contributed by atoms with E-state index in [1.165, 1.54) is 0 Å². The fraction of sp³-hybridized carbons (Fsp3) is 0.533. The number of nitrogens with one attached hydrogen (secondary N) is 1. The van der Waals surface area contributed by atoms with Crippen LogP contribution in [0.4, 0.5) is 0 Å². The predicted molar refractivity (Wildman–Crippen MR) is 78.8 cm³/mol. The molecule has 1 N–H and O–H groups in total. The van der Waals surface area contributed by atoms with Gasteiger partial charge in [-0.25, -0.2) is 0 Å². The lowest BCUT2D eigenvalue weighted by molar-refractivity contribution is 0.258. The Balaban J connectivity index is 1.84.